The number of hydrogen-bond acceptors (Lipinski definition) is 3. The number of ether oxygens (including phenoxy) is 1. The molecule has 0 aliphatic rings. The van der Waals surface area contributed by atoms with Crippen LogP contribution in [0.1, 0.15) is 11.3 Å². The molecule has 0 amide bonds. The number of alkyl halides is 4. The SMILES string of the molecule is OCc1ncc(OC(F)(F)F)c(I)c1CF. The molecule has 0 unspecified atom stereocenters. The van der Waals surface area contributed by atoms with Gasteiger partial charge in [0.25, 0.3) is 0 Å². The number of aliphatic hydroxyl groups excluding tert-OH is 1. The molecule has 1 aromatic heterocycles. The second-order valence-corrected chi connectivity index (χ2v) is 3.78. The van der Waals surface area contributed by atoms with Crippen molar-refractivity contribution in [3.8, 4) is 5.75 Å². The average Bonchev–Trinajstić information content (AvgIpc) is 2.19. The fraction of sp³-hybridized carbons (Fsp3) is 0.375. The smallest absolute Gasteiger partial charge is 0.403 e. The van der Waals surface area contributed by atoms with E-state index in [4.69, 9.17) is 5.11 Å². The fourth-order valence-corrected chi connectivity index (χ4v) is 1.72. The van der Waals surface area contributed by atoms with Crippen molar-refractivity contribution in [2.24, 2.45) is 0 Å². The lowest BCUT2D eigenvalue weighted by Crippen LogP contribution is -2.18. The van der Waals surface area contributed by atoms with E-state index in [1.165, 1.54) is 22.6 Å². The van der Waals surface area contributed by atoms with Gasteiger partial charge < -0.3 is 9.84 Å². The van der Waals surface area contributed by atoms with Crippen LogP contribution in [0.5, 0.6) is 5.75 Å². The van der Waals surface area contributed by atoms with Crippen molar-refractivity contribution in [3.63, 3.8) is 0 Å². The molecule has 16 heavy (non-hydrogen) atoms. The maximum atomic E-state index is 12.6. The van der Waals surface area contributed by atoms with E-state index in [1.807, 2.05) is 0 Å². The number of pyridine rings is 1. The zero-order valence-corrected chi connectivity index (χ0v) is 9.84. The minimum atomic E-state index is -4.85. The van der Waals surface area contributed by atoms with Crippen molar-refractivity contribution < 1.29 is 27.4 Å². The van der Waals surface area contributed by atoms with Gasteiger partial charge in [-0.15, -0.1) is 13.2 Å². The van der Waals surface area contributed by atoms with Crippen LogP contribution in [0.15, 0.2) is 6.20 Å². The standard InChI is InChI=1S/C8H6F4INO2/c9-1-4-5(3-15)14-2-6(7(4)13)16-8(10,11)12/h2,15H,1,3H2. The van der Waals surface area contributed by atoms with E-state index in [-0.39, 0.29) is 14.8 Å². The molecule has 0 aliphatic carbocycles. The summed E-state index contributed by atoms with van der Waals surface area (Å²) in [5.41, 5.74) is -0.0914. The quantitative estimate of drug-likeness (QED) is 0.673. The summed E-state index contributed by atoms with van der Waals surface area (Å²) < 4.78 is 52.0. The van der Waals surface area contributed by atoms with Gasteiger partial charge in [-0.2, -0.15) is 0 Å². The first kappa shape index (κ1) is 13.4. The highest BCUT2D eigenvalue weighted by Crippen LogP contribution is 2.30. The van der Waals surface area contributed by atoms with Crippen molar-refractivity contribution in [1.29, 1.82) is 0 Å². The lowest BCUT2D eigenvalue weighted by Gasteiger charge is -2.13. The van der Waals surface area contributed by atoms with E-state index < -0.39 is 25.4 Å². The van der Waals surface area contributed by atoms with Gasteiger partial charge in [0.2, 0.25) is 0 Å². The van der Waals surface area contributed by atoms with Gasteiger partial charge in [-0.3, -0.25) is 4.98 Å². The van der Waals surface area contributed by atoms with Crippen LogP contribution >= 0.6 is 22.6 Å². The molecule has 0 aromatic carbocycles. The summed E-state index contributed by atoms with van der Waals surface area (Å²) in [6.07, 6.45) is -4.05. The van der Waals surface area contributed by atoms with Gasteiger partial charge in [-0.1, -0.05) is 0 Å². The first-order valence-corrected chi connectivity index (χ1v) is 5.05. The monoisotopic (exact) mass is 351 g/mol. The van der Waals surface area contributed by atoms with E-state index >= 15 is 0 Å². The van der Waals surface area contributed by atoms with E-state index in [1.54, 1.807) is 0 Å². The van der Waals surface area contributed by atoms with Crippen LogP contribution in [-0.4, -0.2) is 16.5 Å². The molecule has 0 aliphatic heterocycles. The van der Waals surface area contributed by atoms with Crippen molar-refractivity contribution in [1.82, 2.24) is 4.98 Å². The molecule has 1 aromatic rings. The largest absolute Gasteiger partial charge is 0.573 e. The molecule has 0 atom stereocenters. The third-order valence-corrected chi connectivity index (χ3v) is 2.86. The van der Waals surface area contributed by atoms with Crippen LogP contribution in [-0.2, 0) is 13.3 Å². The molecular formula is C8H6F4INO2. The Bertz CT molecular complexity index is 383. The predicted octanol–water partition coefficient (Wildman–Crippen LogP) is 2.55. The van der Waals surface area contributed by atoms with Gasteiger partial charge in [-0.05, 0) is 22.6 Å². The molecule has 0 saturated carbocycles. The number of hydrogen-bond donors (Lipinski definition) is 1. The highest BCUT2D eigenvalue weighted by atomic mass is 127. The van der Waals surface area contributed by atoms with Crippen molar-refractivity contribution in [2.75, 3.05) is 0 Å². The molecule has 0 spiro atoms. The molecule has 3 nitrogen and oxygen atoms in total. The maximum Gasteiger partial charge on any atom is 0.573 e. The topological polar surface area (TPSA) is 42.4 Å². The molecule has 90 valence electrons. The van der Waals surface area contributed by atoms with Gasteiger partial charge in [0.05, 0.1) is 22.1 Å². The maximum absolute atomic E-state index is 12.6. The Morgan fingerprint density at radius 1 is 1.44 bits per heavy atom. The van der Waals surface area contributed by atoms with E-state index in [0.29, 0.717) is 0 Å². The summed E-state index contributed by atoms with van der Waals surface area (Å²) in [6, 6.07) is 0. The third-order valence-electron chi connectivity index (χ3n) is 1.68. The third kappa shape index (κ3) is 3.17. The Labute approximate surface area is 102 Å². The van der Waals surface area contributed by atoms with E-state index in [2.05, 4.69) is 9.72 Å². The molecule has 8 heteroatoms. The van der Waals surface area contributed by atoms with Gasteiger partial charge in [0.15, 0.2) is 5.75 Å². The molecule has 0 radical (unpaired) electrons. The molecule has 1 N–H and O–H groups in total. The number of aliphatic hydroxyl groups is 1. The summed E-state index contributed by atoms with van der Waals surface area (Å²) in [7, 11) is 0. The zero-order chi connectivity index (χ0) is 12.3. The minimum absolute atomic E-state index is 0.00132. The summed E-state index contributed by atoms with van der Waals surface area (Å²) in [6.45, 7) is -1.56. The lowest BCUT2D eigenvalue weighted by atomic mass is 10.2. The van der Waals surface area contributed by atoms with Gasteiger partial charge in [-0.25, -0.2) is 4.39 Å². The van der Waals surface area contributed by atoms with Crippen LogP contribution in [0, 0.1) is 3.57 Å². The highest BCUT2D eigenvalue weighted by molar-refractivity contribution is 14.1. The Hall–Kier alpha value is -0.640. The van der Waals surface area contributed by atoms with Crippen LogP contribution in [0.4, 0.5) is 17.6 Å². The molecule has 0 saturated heterocycles. The van der Waals surface area contributed by atoms with Crippen LogP contribution in [0.25, 0.3) is 0 Å². The van der Waals surface area contributed by atoms with Crippen LogP contribution in [0.3, 0.4) is 0 Å². The zero-order valence-electron chi connectivity index (χ0n) is 7.68. The Morgan fingerprint density at radius 2 is 2.06 bits per heavy atom. The van der Waals surface area contributed by atoms with Gasteiger partial charge >= 0.3 is 6.36 Å². The average molecular weight is 351 g/mol. The number of aromatic nitrogens is 1. The number of halogens is 5. The summed E-state index contributed by atoms with van der Waals surface area (Å²) in [4.78, 5) is 3.49. The summed E-state index contributed by atoms with van der Waals surface area (Å²) in [5.74, 6) is -0.571. The Kier molecular flexibility index (Phi) is 4.30. The molecular weight excluding hydrogens is 345 g/mol. The van der Waals surface area contributed by atoms with E-state index in [0.717, 1.165) is 6.20 Å². The van der Waals surface area contributed by atoms with E-state index in [9.17, 15) is 17.6 Å². The first-order valence-electron chi connectivity index (χ1n) is 3.98. The fourth-order valence-electron chi connectivity index (χ4n) is 1.01. The molecule has 1 heterocycles. The van der Waals surface area contributed by atoms with Crippen LogP contribution < -0.4 is 4.74 Å². The predicted molar refractivity (Wildman–Crippen MR) is 54.4 cm³/mol. The van der Waals surface area contributed by atoms with Gasteiger partial charge in [0.1, 0.15) is 6.67 Å². The summed E-state index contributed by atoms with van der Waals surface area (Å²) in [5, 5.41) is 8.80. The van der Waals surface area contributed by atoms with Gasteiger partial charge in [0, 0.05) is 5.56 Å². The number of rotatable bonds is 3. The van der Waals surface area contributed by atoms with Crippen molar-refractivity contribution in [3.05, 3.63) is 21.0 Å². The molecule has 0 bridgehead atoms. The lowest BCUT2D eigenvalue weighted by molar-refractivity contribution is -0.275. The first-order chi connectivity index (χ1) is 7.39. The number of nitrogens with zero attached hydrogens (tertiary/aromatic N) is 1. The summed E-state index contributed by atoms with van der Waals surface area (Å²) >= 11 is 1.51. The van der Waals surface area contributed by atoms with Crippen LogP contribution in [0.2, 0.25) is 0 Å². The molecule has 0 fully saturated rings. The normalized spacial score (nSPS) is 11.6. The molecule has 1 rings (SSSR count). The van der Waals surface area contributed by atoms with Crippen molar-refractivity contribution >= 4 is 22.6 Å². The Morgan fingerprint density at radius 3 is 2.50 bits per heavy atom. The second-order valence-electron chi connectivity index (χ2n) is 2.70. The second kappa shape index (κ2) is 5.13. The minimum Gasteiger partial charge on any atom is -0.403 e. The highest BCUT2D eigenvalue weighted by Gasteiger charge is 2.32. The van der Waals surface area contributed by atoms with Crippen molar-refractivity contribution in [2.45, 2.75) is 19.6 Å². The Balaban J connectivity index is 3.14.